The molecule has 0 atom stereocenters. The fraction of sp³-hybridized carbons (Fsp3) is 0.0667. The highest BCUT2D eigenvalue weighted by molar-refractivity contribution is 7.12. The van der Waals surface area contributed by atoms with Crippen LogP contribution in [0.25, 0.3) is 10.9 Å². The van der Waals surface area contributed by atoms with E-state index in [1.165, 1.54) is 11.3 Å². The molecule has 2 aromatic heterocycles. The second-order valence-corrected chi connectivity index (χ2v) is 5.80. The highest BCUT2D eigenvalue weighted by atomic mass is 35.5. The van der Waals surface area contributed by atoms with Crippen LogP contribution in [0.15, 0.2) is 42.6 Å². The van der Waals surface area contributed by atoms with Crippen LogP contribution >= 0.6 is 22.9 Å². The lowest BCUT2D eigenvalue weighted by molar-refractivity contribution is 1.19. The summed E-state index contributed by atoms with van der Waals surface area (Å²) >= 11 is 7.66. The van der Waals surface area contributed by atoms with Crippen LogP contribution in [0.5, 0.6) is 0 Å². The molecule has 0 saturated heterocycles. The number of thiophene rings is 1. The lowest BCUT2D eigenvalue weighted by Gasteiger charge is -2.09. The van der Waals surface area contributed by atoms with Crippen molar-refractivity contribution in [2.75, 3.05) is 5.32 Å². The Bertz CT molecular complexity index is 804. The van der Waals surface area contributed by atoms with Crippen LogP contribution in [0.1, 0.15) is 9.75 Å². The summed E-state index contributed by atoms with van der Waals surface area (Å²) in [5, 5.41) is 13.8. The van der Waals surface area contributed by atoms with Gasteiger partial charge in [0.15, 0.2) is 0 Å². The van der Waals surface area contributed by atoms with Gasteiger partial charge < -0.3 is 5.32 Å². The number of hydrogen-bond donors (Lipinski definition) is 1. The van der Waals surface area contributed by atoms with Gasteiger partial charge in [-0.1, -0.05) is 11.6 Å². The van der Waals surface area contributed by atoms with Crippen LogP contribution in [0.4, 0.5) is 5.69 Å². The highest BCUT2D eigenvalue weighted by Crippen LogP contribution is 2.28. The molecule has 1 N–H and O–H groups in total. The monoisotopic (exact) mass is 299 g/mol. The van der Waals surface area contributed by atoms with Gasteiger partial charge in [-0.15, -0.1) is 11.3 Å². The molecule has 0 fully saturated rings. The van der Waals surface area contributed by atoms with Gasteiger partial charge in [-0.05, 0) is 36.4 Å². The first-order valence-corrected chi connectivity index (χ1v) is 7.23. The summed E-state index contributed by atoms with van der Waals surface area (Å²) in [6.45, 7) is 0.666. The summed E-state index contributed by atoms with van der Waals surface area (Å²) in [5.41, 5.74) is 1.80. The average Bonchev–Trinajstić information content (AvgIpc) is 2.95. The third-order valence-electron chi connectivity index (χ3n) is 2.94. The molecular weight excluding hydrogens is 290 g/mol. The van der Waals surface area contributed by atoms with Crippen LogP contribution < -0.4 is 5.32 Å². The standard InChI is InChI=1S/C15H10ClN3S/c16-13-5-6-14(15-12(13)2-1-7-18-15)19-9-11-4-3-10(8-17)20-11/h1-7,19H,9H2. The molecule has 0 aliphatic carbocycles. The van der Waals surface area contributed by atoms with Crippen molar-refractivity contribution in [1.29, 1.82) is 5.26 Å². The molecule has 3 nitrogen and oxygen atoms in total. The number of nitriles is 1. The number of anilines is 1. The fourth-order valence-corrected chi connectivity index (χ4v) is 2.96. The van der Waals surface area contributed by atoms with Crippen molar-refractivity contribution in [1.82, 2.24) is 4.98 Å². The molecule has 1 aromatic carbocycles. The molecule has 0 saturated carbocycles. The summed E-state index contributed by atoms with van der Waals surface area (Å²) < 4.78 is 0. The van der Waals surface area contributed by atoms with Crippen molar-refractivity contribution in [3.63, 3.8) is 0 Å². The molecule has 0 radical (unpaired) electrons. The molecule has 2 heterocycles. The van der Waals surface area contributed by atoms with Gasteiger partial charge >= 0.3 is 0 Å². The number of fused-ring (bicyclic) bond motifs is 1. The maximum atomic E-state index is 8.82. The van der Waals surface area contributed by atoms with Crippen LogP contribution in [-0.2, 0) is 6.54 Å². The van der Waals surface area contributed by atoms with E-state index in [9.17, 15) is 0 Å². The maximum absolute atomic E-state index is 8.82. The van der Waals surface area contributed by atoms with Crippen LogP contribution in [0, 0.1) is 11.3 Å². The predicted molar refractivity (Wildman–Crippen MR) is 83.1 cm³/mol. The van der Waals surface area contributed by atoms with Crippen LogP contribution in [0.2, 0.25) is 5.02 Å². The number of hydrogen-bond acceptors (Lipinski definition) is 4. The van der Waals surface area contributed by atoms with Gasteiger partial charge in [0.25, 0.3) is 0 Å². The fourth-order valence-electron chi connectivity index (χ4n) is 2.00. The van der Waals surface area contributed by atoms with Crippen molar-refractivity contribution < 1.29 is 0 Å². The molecule has 0 aliphatic heterocycles. The van der Waals surface area contributed by atoms with E-state index in [1.54, 1.807) is 6.20 Å². The zero-order valence-corrected chi connectivity index (χ0v) is 12.0. The van der Waals surface area contributed by atoms with E-state index in [-0.39, 0.29) is 0 Å². The van der Waals surface area contributed by atoms with Gasteiger partial charge in [0.1, 0.15) is 10.9 Å². The minimum atomic E-state index is 0.666. The Labute approximate surface area is 125 Å². The lowest BCUT2D eigenvalue weighted by atomic mass is 10.2. The van der Waals surface area contributed by atoms with Gasteiger partial charge in [-0.2, -0.15) is 5.26 Å². The molecule has 0 unspecified atom stereocenters. The number of aromatic nitrogens is 1. The Balaban J connectivity index is 1.88. The molecule has 0 aliphatic rings. The molecule has 0 bridgehead atoms. The third-order valence-corrected chi connectivity index (χ3v) is 4.26. The number of rotatable bonds is 3. The third kappa shape index (κ3) is 2.46. The first-order chi connectivity index (χ1) is 9.78. The number of halogens is 1. The normalized spacial score (nSPS) is 10.4. The lowest BCUT2D eigenvalue weighted by Crippen LogP contribution is -1.99. The summed E-state index contributed by atoms with van der Waals surface area (Å²) in [6, 6.07) is 13.6. The van der Waals surface area contributed by atoms with E-state index in [0.717, 1.165) is 26.3 Å². The molecule has 5 heteroatoms. The Morgan fingerprint density at radius 1 is 1.25 bits per heavy atom. The minimum Gasteiger partial charge on any atom is -0.378 e. The zero-order chi connectivity index (χ0) is 13.9. The number of benzene rings is 1. The van der Waals surface area contributed by atoms with Gasteiger partial charge in [0.2, 0.25) is 0 Å². The topological polar surface area (TPSA) is 48.7 Å². The molecule has 20 heavy (non-hydrogen) atoms. The second-order valence-electron chi connectivity index (χ2n) is 4.23. The van der Waals surface area contributed by atoms with Crippen molar-refractivity contribution in [2.45, 2.75) is 6.54 Å². The smallest absolute Gasteiger partial charge is 0.110 e. The van der Waals surface area contributed by atoms with Gasteiger partial charge in [-0.3, -0.25) is 4.98 Å². The Morgan fingerprint density at radius 2 is 2.15 bits per heavy atom. The molecule has 0 amide bonds. The van der Waals surface area contributed by atoms with E-state index in [4.69, 9.17) is 16.9 Å². The van der Waals surface area contributed by atoms with E-state index in [1.807, 2.05) is 36.4 Å². The molecule has 3 rings (SSSR count). The van der Waals surface area contributed by atoms with Gasteiger partial charge in [0.05, 0.1) is 16.2 Å². The quantitative estimate of drug-likeness (QED) is 0.778. The van der Waals surface area contributed by atoms with E-state index in [0.29, 0.717) is 11.6 Å². The van der Waals surface area contributed by atoms with Crippen LogP contribution in [0.3, 0.4) is 0 Å². The predicted octanol–water partition coefficient (Wildman–Crippen LogP) is 4.43. The van der Waals surface area contributed by atoms with Crippen molar-refractivity contribution in [3.8, 4) is 6.07 Å². The molecule has 3 aromatic rings. The number of nitrogens with one attached hydrogen (secondary N) is 1. The number of nitrogens with zero attached hydrogens (tertiary/aromatic N) is 2. The van der Waals surface area contributed by atoms with Crippen LogP contribution in [-0.4, -0.2) is 4.98 Å². The zero-order valence-electron chi connectivity index (χ0n) is 10.4. The minimum absolute atomic E-state index is 0.666. The molecule has 98 valence electrons. The summed E-state index contributed by atoms with van der Waals surface area (Å²) in [5.74, 6) is 0. The average molecular weight is 300 g/mol. The Morgan fingerprint density at radius 3 is 2.95 bits per heavy atom. The SMILES string of the molecule is N#Cc1ccc(CNc2ccc(Cl)c3cccnc23)s1. The van der Waals surface area contributed by atoms with E-state index >= 15 is 0 Å². The maximum Gasteiger partial charge on any atom is 0.110 e. The highest BCUT2D eigenvalue weighted by Gasteiger charge is 2.06. The van der Waals surface area contributed by atoms with E-state index in [2.05, 4.69) is 16.4 Å². The van der Waals surface area contributed by atoms with Crippen molar-refractivity contribution in [3.05, 3.63) is 57.4 Å². The first-order valence-electron chi connectivity index (χ1n) is 6.04. The second kappa shape index (κ2) is 5.49. The Kier molecular flexibility index (Phi) is 3.55. The van der Waals surface area contributed by atoms with E-state index < -0.39 is 0 Å². The summed E-state index contributed by atoms with van der Waals surface area (Å²) in [6.07, 6.45) is 1.75. The van der Waals surface area contributed by atoms with Crippen molar-refractivity contribution in [2.24, 2.45) is 0 Å². The number of pyridine rings is 1. The van der Waals surface area contributed by atoms with Crippen molar-refractivity contribution >= 4 is 39.5 Å². The molecule has 0 spiro atoms. The van der Waals surface area contributed by atoms with Gasteiger partial charge in [-0.25, -0.2) is 0 Å². The molecular formula is C15H10ClN3S. The summed E-state index contributed by atoms with van der Waals surface area (Å²) in [7, 11) is 0. The first kappa shape index (κ1) is 12.9. The van der Waals surface area contributed by atoms with Gasteiger partial charge in [0, 0.05) is 23.0 Å². The summed E-state index contributed by atoms with van der Waals surface area (Å²) in [4.78, 5) is 6.21. The largest absolute Gasteiger partial charge is 0.378 e. The Hall–Kier alpha value is -2.09.